The van der Waals surface area contributed by atoms with E-state index < -0.39 is 38.9 Å². The van der Waals surface area contributed by atoms with Crippen molar-refractivity contribution in [1.29, 1.82) is 0 Å². The van der Waals surface area contributed by atoms with Gasteiger partial charge in [-0.15, -0.1) is 3.89 Å². The molecule has 19 heavy (non-hydrogen) atoms. The van der Waals surface area contributed by atoms with Gasteiger partial charge < -0.3 is 14.9 Å². The molecule has 0 radical (unpaired) electrons. The van der Waals surface area contributed by atoms with Gasteiger partial charge in [0, 0.05) is 5.56 Å². The van der Waals surface area contributed by atoms with Crippen LogP contribution in [0.4, 0.5) is 3.89 Å². The third kappa shape index (κ3) is 3.72. The van der Waals surface area contributed by atoms with E-state index in [0.717, 1.165) is 12.1 Å². The summed E-state index contributed by atoms with van der Waals surface area (Å²) in [6, 6.07) is 4.61. The lowest BCUT2D eigenvalue weighted by atomic mass is 10.0. The lowest BCUT2D eigenvalue weighted by Gasteiger charge is -2.18. The summed E-state index contributed by atoms with van der Waals surface area (Å²) >= 11 is 0. The first-order valence-corrected chi connectivity index (χ1v) is 6.73. The fourth-order valence-corrected chi connectivity index (χ4v) is 2.18. The lowest BCUT2D eigenvalue weighted by Crippen LogP contribution is -2.30. The van der Waals surface area contributed by atoms with Crippen molar-refractivity contribution in [2.24, 2.45) is 0 Å². The molecular weight excluding hydrogens is 279 g/mol. The quantitative estimate of drug-likeness (QED) is 0.598. The molecule has 8 heteroatoms. The van der Waals surface area contributed by atoms with Crippen LogP contribution in [-0.2, 0) is 19.8 Å². The summed E-state index contributed by atoms with van der Waals surface area (Å²) < 4.78 is 39.3. The van der Waals surface area contributed by atoms with Crippen LogP contribution in [0, 0.1) is 0 Å². The van der Waals surface area contributed by atoms with E-state index >= 15 is 0 Å². The Hall–Kier alpha value is -1.51. The van der Waals surface area contributed by atoms with E-state index in [4.69, 9.17) is 0 Å². The second-order valence-electron chi connectivity index (χ2n) is 3.62. The summed E-state index contributed by atoms with van der Waals surface area (Å²) in [6.45, 7) is 1.47. The van der Waals surface area contributed by atoms with Crippen molar-refractivity contribution in [3.05, 3.63) is 29.8 Å². The van der Waals surface area contributed by atoms with Gasteiger partial charge in [0.25, 0.3) is 0 Å². The van der Waals surface area contributed by atoms with Gasteiger partial charge in [0.15, 0.2) is 6.10 Å². The zero-order valence-electron chi connectivity index (χ0n) is 9.98. The maximum atomic E-state index is 13.0. The Bertz CT molecular complexity index is 556. The Balaban J connectivity index is 3.13. The molecule has 1 rings (SSSR count). The molecule has 0 aliphatic rings. The Labute approximate surface area is 109 Å². The summed E-state index contributed by atoms with van der Waals surface area (Å²) in [7, 11) is -5.07. The smallest absolute Gasteiger partial charge is 0.338 e. The van der Waals surface area contributed by atoms with Crippen LogP contribution in [0.15, 0.2) is 29.2 Å². The first kappa shape index (κ1) is 15.5. The van der Waals surface area contributed by atoms with Crippen LogP contribution in [0.1, 0.15) is 18.6 Å². The molecule has 2 N–H and O–H groups in total. The van der Waals surface area contributed by atoms with Crippen molar-refractivity contribution >= 4 is 16.2 Å². The minimum Gasteiger partial charge on any atom is -0.464 e. The second-order valence-corrected chi connectivity index (χ2v) is 4.93. The van der Waals surface area contributed by atoms with Gasteiger partial charge in [-0.3, -0.25) is 0 Å². The fraction of sp³-hybridized carbons (Fsp3) is 0.364. The van der Waals surface area contributed by atoms with E-state index in [1.165, 1.54) is 19.1 Å². The zero-order valence-corrected chi connectivity index (χ0v) is 10.8. The summed E-state index contributed by atoms with van der Waals surface area (Å²) in [5, 5.41) is 19.3. The Morgan fingerprint density at radius 2 is 1.95 bits per heavy atom. The van der Waals surface area contributed by atoms with Gasteiger partial charge in [-0.25, -0.2) is 4.79 Å². The highest BCUT2D eigenvalue weighted by molar-refractivity contribution is 7.86. The number of hydrogen-bond donors (Lipinski definition) is 2. The van der Waals surface area contributed by atoms with Crippen LogP contribution < -0.4 is 0 Å². The van der Waals surface area contributed by atoms with Crippen molar-refractivity contribution in [2.75, 3.05) is 6.61 Å². The molecule has 6 nitrogen and oxygen atoms in total. The van der Waals surface area contributed by atoms with Crippen LogP contribution in [0.3, 0.4) is 0 Å². The van der Waals surface area contributed by atoms with E-state index in [2.05, 4.69) is 4.74 Å². The summed E-state index contributed by atoms with van der Waals surface area (Å²) in [5.74, 6) is -1.12. The lowest BCUT2D eigenvalue weighted by molar-refractivity contribution is -0.159. The van der Waals surface area contributed by atoms with Gasteiger partial charge in [0.1, 0.15) is 11.0 Å². The largest absolute Gasteiger partial charge is 0.464 e. The maximum Gasteiger partial charge on any atom is 0.338 e. The number of hydrogen-bond acceptors (Lipinski definition) is 6. The monoisotopic (exact) mass is 292 g/mol. The van der Waals surface area contributed by atoms with Gasteiger partial charge >= 0.3 is 16.2 Å². The number of aliphatic hydroxyl groups excluding tert-OH is 2. The number of ether oxygens (including phenoxy) is 1. The number of benzene rings is 1. The number of carbonyl (C=O) groups is 1. The molecule has 0 fully saturated rings. The van der Waals surface area contributed by atoms with Crippen LogP contribution in [-0.4, -0.2) is 37.3 Å². The molecule has 0 aliphatic heterocycles. The third-order valence-electron chi connectivity index (χ3n) is 2.33. The SMILES string of the molecule is CCOC(=O)C(O)C(O)c1ccccc1S(=O)(=O)F. The van der Waals surface area contributed by atoms with Crippen LogP contribution >= 0.6 is 0 Å². The molecule has 0 saturated heterocycles. The first-order chi connectivity index (χ1) is 8.79. The molecule has 1 aromatic carbocycles. The third-order valence-corrected chi connectivity index (χ3v) is 3.22. The minimum absolute atomic E-state index is 0.0222. The van der Waals surface area contributed by atoms with Gasteiger partial charge in [-0.2, -0.15) is 8.42 Å². The topological polar surface area (TPSA) is 101 Å². The second kappa shape index (κ2) is 6.09. The van der Waals surface area contributed by atoms with E-state index in [9.17, 15) is 27.3 Å². The first-order valence-electron chi connectivity index (χ1n) is 5.35. The standard InChI is InChI=1S/C11H13FO6S/c1-2-18-11(15)10(14)9(13)7-5-3-4-6-8(7)19(12,16)17/h3-6,9-10,13-14H,2H2,1H3. The zero-order chi connectivity index (χ0) is 14.6. The van der Waals surface area contributed by atoms with Crippen molar-refractivity contribution in [3.63, 3.8) is 0 Å². The van der Waals surface area contributed by atoms with Gasteiger partial charge in [0.05, 0.1) is 6.61 Å². The molecule has 1 aromatic rings. The maximum absolute atomic E-state index is 13.0. The van der Waals surface area contributed by atoms with Crippen LogP contribution in [0.2, 0.25) is 0 Å². The fourth-order valence-electron chi connectivity index (χ4n) is 1.47. The normalized spacial score (nSPS) is 14.7. The number of aliphatic hydroxyl groups is 2. The van der Waals surface area contributed by atoms with Crippen LogP contribution in [0.25, 0.3) is 0 Å². The predicted molar refractivity (Wildman–Crippen MR) is 62.3 cm³/mol. The van der Waals surface area contributed by atoms with Crippen molar-refractivity contribution in [3.8, 4) is 0 Å². The van der Waals surface area contributed by atoms with Crippen LogP contribution in [0.5, 0.6) is 0 Å². The molecule has 0 heterocycles. The molecule has 2 unspecified atom stereocenters. The predicted octanol–water partition coefficient (Wildman–Crippen LogP) is 0.302. The minimum atomic E-state index is -5.07. The Kier molecular flexibility index (Phi) is 4.98. The summed E-state index contributed by atoms with van der Waals surface area (Å²) in [4.78, 5) is 10.4. The highest BCUT2D eigenvalue weighted by atomic mass is 32.3. The van der Waals surface area contributed by atoms with E-state index in [-0.39, 0.29) is 6.61 Å². The number of esters is 1. The highest BCUT2D eigenvalue weighted by Crippen LogP contribution is 2.26. The van der Waals surface area contributed by atoms with Gasteiger partial charge in [-0.05, 0) is 13.0 Å². The summed E-state index contributed by atoms with van der Waals surface area (Å²) in [6.07, 6.45) is -3.90. The number of carbonyl (C=O) groups excluding carboxylic acids is 1. The van der Waals surface area contributed by atoms with E-state index in [1.54, 1.807) is 0 Å². The Morgan fingerprint density at radius 3 is 2.47 bits per heavy atom. The molecule has 0 aliphatic carbocycles. The molecule has 0 bridgehead atoms. The molecule has 2 atom stereocenters. The molecule has 0 saturated carbocycles. The molecule has 0 aromatic heterocycles. The molecule has 0 amide bonds. The van der Waals surface area contributed by atoms with Crippen molar-refractivity contribution < 1.29 is 32.0 Å². The van der Waals surface area contributed by atoms with E-state index in [0.29, 0.717) is 0 Å². The molecule has 0 spiro atoms. The number of rotatable bonds is 5. The van der Waals surface area contributed by atoms with Gasteiger partial charge in [0.2, 0.25) is 0 Å². The summed E-state index contributed by atoms with van der Waals surface area (Å²) in [5.41, 5.74) is -0.412. The molecule has 106 valence electrons. The van der Waals surface area contributed by atoms with Crippen molar-refractivity contribution in [2.45, 2.75) is 24.0 Å². The van der Waals surface area contributed by atoms with E-state index in [1.807, 2.05) is 0 Å². The highest BCUT2D eigenvalue weighted by Gasteiger charge is 2.31. The average molecular weight is 292 g/mol. The van der Waals surface area contributed by atoms with Gasteiger partial charge in [-0.1, -0.05) is 18.2 Å². The molecular formula is C11H13FO6S. The Morgan fingerprint density at radius 1 is 1.37 bits per heavy atom. The van der Waals surface area contributed by atoms with Crippen molar-refractivity contribution in [1.82, 2.24) is 0 Å². The number of halogens is 1. The average Bonchev–Trinajstić information content (AvgIpc) is 2.36.